The molecule has 0 saturated carbocycles. The van der Waals surface area contributed by atoms with Crippen LogP contribution in [-0.4, -0.2) is 22.8 Å². The Morgan fingerprint density at radius 1 is 1.43 bits per heavy atom. The molecule has 0 aliphatic heterocycles. The maximum atomic E-state index is 11.7. The highest BCUT2D eigenvalue weighted by molar-refractivity contribution is 5.81. The van der Waals surface area contributed by atoms with Gasteiger partial charge in [0.05, 0.1) is 18.4 Å². The number of benzene rings is 1. The van der Waals surface area contributed by atoms with Crippen molar-refractivity contribution in [3.8, 4) is 5.88 Å². The predicted octanol–water partition coefficient (Wildman–Crippen LogP) is 1.05. The van der Waals surface area contributed by atoms with Crippen molar-refractivity contribution >= 4 is 5.91 Å². The smallest absolute Gasteiger partial charge is 0.239 e. The van der Waals surface area contributed by atoms with E-state index in [1.807, 2.05) is 44.3 Å². The number of carbonyl (C=O) groups is 1. The van der Waals surface area contributed by atoms with E-state index in [1.165, 1.54) is 0 Å². The van der Waals surface area contributed by atoms with E-state index in [0.717, 1.165) is 16.8 Å². The first-order valence-corrected chi connectivity index (χ1v) is 6.68. The van der Waals surface area contributed by atoms with Crippen LogP contribution in [0.25, 0.3) is 0 Å². The number of nitrogens with two attached hydrogens (primary N) is 1. The van der Waals surface area contributed by atoms with Gasteiger partial charge in [-0.1, -0.05) is 30.3 Å². The lowest BCUT2D eigenvalue weighted by Crippen LogP contribution is -2.33. The summed E-state index contributed by atoms with van der Waals surface area (Å²) in [7, 11) is 3.42. The van der Waals surface area contributed by atoms with Crippen LogP contribution in [0.2, 0.25) is 0 Å². The number of primary amides is 1. The van der Waals surface area contributed by atoms with Gasteiger partial charge in [0.25, 0.3) is 0 Å². The summed E-state index contributed by atoms with van der Waals surface area (Å²) in [5, 5.41) is 7.49. The molecule has 1 heterocycles. The van der Waals surface area contributed by atoms with E-state index in [-0.39, 0.29) is 0 Å². The van der Waals surface area contributed by atoms with Crippen LogP contribution in [0.4, 0.5) is 0 Å². The van der Waals surface area contributed by atoms with Crippen molar-refractivity contribution in [1.82, 2.24) is 15.1 Å². The summed E-state index contributed by atoms with van der Waals surface area (Å²) in [5.74, 6) is 0.262. The molecule has 6 nitrogen and oxygen atoms in total. The third-order valence-corrected chi connectivity index (χ3v) is 3.38. The highest BCUT2D eigenvalue weighted by atomic mass is 16.5. The van der Waals surface area contributed by atoms with Crippen LogP contribution in [0.5, 0.6) is 5.88 Å². The number of ether oxygens (including phenoxy) is 1. The normalized spacial score (nSPS) is 12.1. The molecule has 112 valence electrons. The fourth-order valence-electron chi connectivity index (χ4n) is 2.37. The molecule has 1 aromatic carbocycles. The van der Waals surface area contributed by atoms with Gasteiger partial charge in [0.2, 0.25) is 11.8 Å². The average Bonchev–Trinajstić information content (AvgIpc) is 2.73. The van der Waals surface area contributed by atoms with E-state index in [1.54, 1.807) is 11.8 Å². The number of aryl methyl sites for hydroxylation is 2. The summed E-state index contributed by atoms with van der Waals surface area (Å²) in [6, 6.07) is 8.85. The molecule has 6 heteroatoms. The van der Waals surface area contributed by atoms with Crippen LogP contribution in [0.15, 0.2) is 30.3 Å². The zero-order chi connectivity index (χ0) is 15.4. The van der Waals surface area contributed by atoms with E-state index < -0.39 is 11.9 Å². The Balaban J connectivity index is 2.19. The molecular formula is C15H20N4O2. The third-order valence-electron chi connectivity index (χ3n) is 3.38. The summed E-state index contributed by atoms with van der Waals surface area (Å²) in [4.78, 5) is 11.7. The highest BCUT2D eigenvalue weighted by Crippen LogP contribution is 2.22. The van der Waals surface area contributed by atoms with Crippen LogP contribution in [-0.2, 0) is 18.4 Å². The molecule has 21 heavy (non-hydrogen) atoms. The third kappa shape index (κ3) is 3.22. The minimum atomic E-state index is -0.546. The summed E-state index contributed by atoms with van der Waals surface area (Å²) in [5.41, 5.74) is 8.11. The zero-order valence-electron chi connectivity index (χ0n) is 12.5. The van der Waals surface area contributed by atoms with Gasteiger partial charge in [0.15, 0.2) is 0 Å². The number of methoxy groups -OCH3 is 1. The van der Waals surface area contributed by atoms with Crippen molar-refractivity contribution in [2.24, 2.45) is 12.8 Å². The molecule has 1 aromatic heterocycles. The highest BCUT2D eigenvalue weighted by Gasteiger charge is 2.20. The van der Waals surface area contributed by atoms with Gasteiger partial charge in [-0.15, -0.1) is 0 Å². The molecule has 0 radical (unpaired) electrons. The minimum Gasteiger partial charge on any atom is -0.481 e. The van der Waals surface area contributed by atoms with Crippen LogP contribution in [0, 0.1) is 6.92 Å². The van der Waals surface area contributed by atoms with Gasteiger partial charge in [0.1, 0.15) is 6.04 Å². The average molecular weight is 288 g/mol. The van der Waals surface area contributed by atoms with E-state index in [9.17, 15) is 4.79 Å². The zero-order valence-corrected chi connectivity index (χ0v) is 12.5. The summed E-state index contributed by atoms with van der Waals surface area (Å²) in [6.07, 6.45) is 0. The SMILES string of the molecule is COc1c(CN[C@H](C(N)=O)c2ccccc2)c(C)nn1C. The number of rotatable bonds is 6. The minimum absolute atomic E-state index is 0.415. The Morgan fingerprint density at radius 2 is 2.10 bits per heavy atom. The Hall–Kier alpha value is -2.34. The maximum absolute atomic E-state index is 11.7. The van der Waals surface area contributed by atoms with Crippen molar-refractivity contribution in [2.45, 2.75) is 19.5 Å². The van der Waals surface area contributed by atoms with Crippen LogP contribution >= 0.6 is 0 Å². The van der Waals surface area contributed by atoms with E-state index in [4.69, 9.17) is 10.5 Å². The molecule has 0 spiro atoms. The molecular weight excluding hydrogens is 268 g/mol. The number of aromatic nitrogens is 2. The Morgan fingerprint density at radius 3 is 2.67 bits per heavy atom. The first-order valence-electron chi connectivity index (χ1n) is 6.68. The van der Waals surface area contributed by atoms with Crippen molar-refractivity contribution in [3.05, 3.63) is 47.2 Å². The summed E-state index contributed by atoms with van der Waals surface area (Å²) in [6.45, 7) is 2.35. The number of carbonyl (C=O) groups excluding carboxylic acids is 1. The lowest BCUT2D eigenvalue weighted by atomic mass is 10.1. The summed E-state index contributed by atoms with van der Waals surface area (Å²) >= 11 is 0. The molecule has 0 fully saturated rings. The molecule has 0 saturated heterocycles. The standard InChI is InChI=1S/C15H20N4O2/c1-10-12(15(21-3)19(2)18-10)9-17-13(14(16)20)11-7-5-4-6-8-11/h4-8,13,17H,9H2,1-3H3,(H2,16,20)/t13-/m0/s1. The molecule has 1 amide bonds. The van der Waals surface area contributed by atoms with Crippen molar-refractivity contribution in [2.75, 3.05) is 7.11 Å². The second-order valence-electron chi connectivity index (χ2n) is 4.82. The lowest BCUT2D eigenvalue weighted by Gasteiger charge is -2.16. The van der Waals surface area contributed by atoms with Gasteiger partial charge in [0, 0.05) is 13.6 Å². The van der Waals surface area contributed by atoms with E-state index in [0.29, 0.717) is 12.4 Å². The van der Waals surface area contributed by atoms with Gasteiger partial charge >= 0.3 is 0 Å². The second-order valence-corrected chi connectivity index (χ2v) is 4.82. The number of hydrogen-bond donors (Lipinski definition) is 2. The first kappa shape index (κ1) is 15.1. The molecule has 0 unspecified atom stereocenters. The number of nitrogens with zero attached hydrogens (tertiary/aromatic N) is 2. The molecule has 0 aliphatic rings. The van der Waals surface area contributed by atoms with Crippen molar-refractivity contribution in [3.63, 3.8) is 0 Å². The first-order chi connectivity index (χ1) is 10.0. The van der Waals surface area contributed by atoms with Crippen molar-refractivity contribution < 1.29 is 9.53 Å². The quantitative estimate of drug-likeness (QED) is 0.832. The molecule has 0 bridgehead atoms. The summed E-state index contributed by atoms with van der Waals surface area (Å²) < 4.78 is 7.01. The topological polar surface area (TPSA) is 82.2 Å². The van der Waals surface area contributed by atoms with Gasteiger partial charge < -0.3 is 10.5 Å². The monoisotopic (exact) mass is 288 g/mol. The Bertz CT molecular complexity index is 622. The number of hydrogen-bond acceptors (Lipinski definition) is 4. The van der Waals surface area contributed by atoms with Gasteiger partial charge in [-0.2, -0.15) is 5.10 Å². The lowest BCUT2D eigenvalue weighted by molar-refractivity contribution is -0.120. The van der Waals surface area contributed by atoms with E-state index >= 15 is 0 Å². The number of nitrogens with one attached hydrogen (secondary N) is 1. The molecule has 1 atom stereocenters. The number of amides is 1. The van der Waals surface area contributed by atoms with Crippen molar-refractivity contribution in [1.29, 1.82) is 0 Å². The van der Waals surface area contributed by atoms with Gasteiger partial charge in [-0.05, 0) is 12.5 Å². The Labute approximate surface area is 123 Å². The van der Waals surface area contributed by atoms with Crippen LogP contribution in [0.3, 0.4) is 0 Å². The Kier molecular flexibility index (Phi) is 4.59. The second kappa shape index (κ2) is 6.41. The molecule has 0 aliphatic carbocycles. The fourth-order valence-corrected chi connectivity index (χ4v) is 2.37. The maximum Gasteiger partial charge on any atom is 0.239 e. The molecule has 3 N–H and O–H groups in total. The van der Waals surface area contributed by atoms with E-state index in [2.05, 4.69) is 10.4 Å². The van der Waals surface area contributed by atoms with Gasteiger partial charge in [-0.3, -0.25) is 10.1 Å². The predicted molar refractivity (Wildman–Crippen MR) is 79.7 cm³/mol. The largest absolute Gasteiger partial charge is 0.481 e. The molecule has 2 rings (SSSR count). The van der Waals surface area contributed by atoms with Gasteiger partial charge in [-0.25, -0.2) is 4.68 Å². The van der Waals surface area contributed by atoms with Crippen LogP contribution < -0.4 is 15.8 Å². The molecule has 2 aromatic rings. The van der Waals surface area contributed by atoms with Crippen LogP contribution in [0.1, 0.15) is 22.9 Å². The fraction of sp³-hybridized carbons (Fsp3) is 0.333.